The Kier molecular flexibility index (Phi) is 6.84. The summed E-state index contributed by atoms with van der Waals surface area (Å²) < 4.78 is 44.3. The van der Waals surface area contributed by atoms with Gasteiger partial charge in [-0.2, -0.15) is 18.3 Å². The van der Waals surface area contributed by atoms with Gasteiger partial charge in [-0.05, 0) is 18.9 Å². The van der Waals surface area contributed by atoms with Gasteiger partial charge in [0.25, 0.3) is 11.5 Å². The van der Waals surface area contributed by atoms with Gasteiger partial charge in [-0.15, -0.1) is 0 Å². The molecule has 1 atom stereocenters. The van der Waals surface area contributed by atoms with Crippen LogP contribution in [0.3, 0.4) is 0 Å². The van der Waals surface area contributed by atoms with Gasteiger partial charge in [-0.3, -0.25) is 28.4 Å². The number of nitrogen functional groups attached to an aromatic ring is 1. The topological polar surface area (TPSA) is 129 Å². The number of dihydropyridines is 1. The molecule has 3 N–H and O–H groups in total. The molecule has 184 valence electrons. The molecule has 0 bridgehead atoms. The van der Waals surface area contributed by atoms with Gasteiger partial charge in [0.2, 0.25) is 0 Å². The highest BCUT2D eigenvalue weighted by molar-refractivity contribution is 6.05. The van der Waals surface area contributed by atoms with E-state index in [2.05, 4.69) is 15.4 Å². The summed E-state index contributed by atoms with van der Waals surface area (Å²) in [5.41, 5.74) is 2.01. The second-order valence-electron chi connectivity index (χ2n) is 8.48. The van der Waals surface area contributed by atoms with Crippen LogP contribution >= 0.6 is 0 Å². The van der Waals surface area contributed by atoms with Crippen molar-refractivity contribution in [3.05, 3.63) is 50.9 Å². The maximum atomic E-state index is 13.7. The van der Waals surface area contributed by atoms with Crippen molar-refractivity contribution in [3.8, 4) is 0 Å². The van der Waals surface area contributed by atoms with Crippen molar-refractivity contribution < 1.29 is 18.0 Å². The summed E-state index contributed by atoms with van der Waals surface area (Å²) in [4.78, 5) is 42.0. The minimum absolute atomic E-state index is 0.0276. The number of nitrogens with two attached hydrogens (primary N) is 1. The van der Waals surface area contributed by atoms with E-state index in [9.17, 15) is 27.6 Å². The van der Waals surface area contributed by atoms with Crippen molar-refractivity contribution in [3.63, 3.8) is 0 Å². The van der Waals surface area contributed by atoms with Crippen molar-refractivity contribution in [1.82, 2.24) is 18.9 Å². The largest absolute Gasteiger partial charge is 0.401 e. The number of hydrogen-bond acceptors (Lipinski definition) is 6. The number of amides is 1. The average molecular weight is 481 g/mol. The van der Waals surface area contributed by atoms with Gasteiger partial charge in [0.05, 0.1) is 24.8 Å². The van der Waals surface area contributed by atoms with Gasteiger partial charge < -0.3 is 11.1 Å². The molecule has 3 heterocycles. The Morgan fingerprint density at radius 2 is 2.00 bits per heavy atom. The highest BCUT2D eigenvalue weighted by Crippen LogP contribution is 2.42. The zero-order chi connectivity index (χ0) is 25.3. The number of carbonyl (C=O) groups is 1. The Balaban J connectivity index is 1.91. The predicted molar refractivity (Wildman–Crippen MR) is 121 cm³/mol. The molecule has 1 unspecified atom stereocenters. The van der Waals surface area contributed by atoms with Crippen LogP contribution < -0.4 is 22.3 Å². The van der Waals surface area contributed by atoms with Gasteiger partial charge in [0.1, 0.15) is 16.9 Å². The standard InChI is InChI=1S/C21H26F3N7O3/c1-4-30-16(25)15(18(33)31(19(30)34)9-13(2)3)28-17(32)14-8-27-29(10-14)12-20(21(22,23)24)6-5-7-26-11-20/h5-8,10,13H,4,9,11-12,25H2,1-3H3,(H,28,32). The number of nitrogens with one attached hydrogen (secondary N) is 1. The third kappa shape index (κ3) is 4.68. The van der Waals surface area contributed by atoms with E-state index in [4.69, 9.17) is 5.73 Å². The molecule has 2 aromatic heterocycles. The first-order valence-corrected chi connectivity index (χ1v) is 10.6. The number of allylic oxidation sites excluding steroid dienone is 1. The molecule has 1 aliphatic heterocycles. The van der Waals surface area contributed by atoms with E-state index in [-0.39, 0.29) is 36.1 Å². The molecule has 0 radical (unpaired) electrons. The summed E-state index contributed by atoms with van der Waals surface area (Å²) >= 11 is 0. The maximum Gasteiger partial charge on any atom is 0.401 e. The van der Waals surface area contributed by atoms with Crippen molar-refractivity contribution in [1.29, 1.82) is 0 Å². The van der Waals surface area contributed by atoms with E-state index in [1.54, 1.807) is 6.92 Å². The number of carbonyl (C=O) groups excluding carboxylic acids is 1. The Hall–Kier alpha value is -3.64. The third-order valence-electron chi connectivity index (χ3n) is 5.45. The number of nitrogens with zero attached hydrogens (tertiary/aromatic N) is 5. The first-order valence-electron chi connectivity index (χ1n) is 10.6. The first kappa shape index (κ1) is 25.0. The lowest BCUT2D eigenvalue weighted by molar-refractivity contribution is -0.207. The van der Waals surface area contributed by atoms with Crippen LogP contribution in [0.25, 0.3) is 0 Å². The summed E-state index contributed by atoms with van der Waals surface area (Å²) in [7, 11) is 0. The monoisotopic (exact) mass is 481 g/mol. The normalized spacial score (nSPS) is 18.0. The Morgan fingerprint density at radius 3 is 2.56 bits per heavy atom. The summed E-state index contributed by atoms with van der Waals surface area (Å²) in [5, 5.41) is 6.28. The molecule has 1 amide bonds. The zero-order valence-electron chi connectivity index (χ0n) is 19.0. The Morgan fingerprint density at radius 1 is 1.29 bits per heavy atom. The van der Waals surface area contributed by atoms with Crippen molar-refractivity contribution in [2.45, 2.75) is 46.6 Å². The van der Waals surface area contributed by atoms with Crippen molar-refractivity contribution in [2.75, 3.05) is 17.6 Å². The fourth-order valence-electron chi connectivity index (χ4n) is 3.64. The van der Waals surface area contributed by atoms with Crippen LogP contribution in [0.4, 0.5) is 24.7 Å². The van der Waals surface area contributed by atoms with Crippen LogP contribution in [0, 0.1) is 11.3 Å². The molecule has 34 heavy (non-hydrogen) atoms. The molecule has 3 rings (SSSR count). The van der Waals surface area contributed by atoms with Crippen LogP contribution in [0.5, 0.6) is 0 Å². The van der Waals surface area contributed by atoms with E-state index in [0.717, 1.165) is 32.3 Å². The number of alkyl halides is 3. The SMILES string of the molecule is CCn1c(N)c(NC(=O)c2cnn(CC3(C(F)(F)F)C=CC=NC3)c2)c(=O)n(CC(C)C)c1=O. The minimum Gasteiger partial charge on any atom is -0.383 e. The second kappa shape index (κ2) is 9.31. The number of aliphatic imine (C=N–C) groups is 1. The Bertz CT molecular complexity index is 1250. The summed E-state index contributed by atoms with van der Waals surface area (Å²) in [6.45, 7) is 4.52. The molecule has 0 saturated carbocycles. The minimum atomic E-state index is -4.58. The van der Waals surface area contributed by atoms with Crippen LogP contribution in [-0.2, 0) is 19.6 Å². The molecular weight excluding hydrogens is 455 g/mol. The fourth-order valence-corrected chi connectivity index (χ4v) is 3.64. The van der Waals surface area contributed by atoms with Gasteiger partial charge in [0.15, 0.2) is 0 Å². The predicted octanol–water partition coefficient (Wildman–Crippen LogP) is 1.91. The van der Waals surface area contributed by atoms with E-state index in [0.29, 0.717) is 0 Å². The molecule has 0 aliphatic carbocycles. The van der Waals surface area contributed by atoms with E-state index < -0.39 is 41.8 Å². The molecule has 1 aliphatic rings. The van der Waals surface area contributed by atoms with Gasteiger partial charge in [-0.1, -0.05) is 19.9 Å². The first-order chi connectivity index (χ1) is 15.9. The lowest BCUT2D eigenvalue weighted by Gasteiger charge is -2.32. The van der Waals surface area contributed by atoms with Gasteiger partial charge >= 0.3 is 11.9 Å². The van der Waals surface area contributed by atoms with Crippen LogP contribution in [0.15, 0.2) is 39.1 Å². The smallest absolute Gasteiger partial charge is 0.383 e. The van der Waals surface area contributed by atoms with E-state index in [1.165, 1.54) is 12.3 Å². The molecule has 0 spiro atoms. The zero-order valence-corrected chi connectivity index (χ0v) is 19.0. The Labute approximate surface area is 192 Å². The molecule has 0 aromatic carbocycles. The molecule has 2 aromatic rings. The van der Waals surface area contributed by atoms with E-state index >= 15 is 0 Å². The summed E-state index contributed by atoms with van der Waals surface area (Å²) in [6, 6.07) is 0. The van der Waals surface area contributed by atoms with Gasteiger partial charge in [0, 0.05) is 25.5 Å². The third-order valence-corrected chi connectivity index (χ3v) is 5.45. The summed E-state index contributed by atoms with van der Waals surface area (Å²) in [5.74, 6) is -1.04. The highest BCUT2D eigenvalue weighted by atomic mass is 19.4. The molecular formula is C21H26F3N7O3. The molecule has 10 nitrogen and oxygen atoms in total. The molecule has 0 fully saturated rings. The van der Waals surface area contributed by atoms with Crippen molar-refractivity contribution >= 4 is 23.6 Å². The second-order valence-corrected chi connectivity index (χ2v) is 8.48. The lowest BCUT2D eigenvalue weighted by Crippen LogP contribution is -2.44. The number of halogens is 3. The quantitative estimate of drug-likeness (QED) is 0.624. The van der Waals surface area contributed by atoms with Crippen LogP contribution in [-0.4, -0.2) is 43.8 Å². The summed E-state index contributed by atoms with van der Waals surface area (Å²) in [6.07, 6.45) is 1.19. The van der Waals surface area contributed by atoms with Crippen molar-refractivity contribution in [2.24, 2.45) is 16.3 Å². The van der Waals surface area contributed by atoms with Crippen LogP contribution in [0.2, 0.25) is 0 Å². The highest BCUT2D eigenvalue weighted by Gasteiger charge is 2.53. The molecule has 13 heteroatoms. The number of rotatable bonds is 7. The number of aromatic nitrogens is 4. The lowest BCUT2D eigenvalue weighted by atomic mass is 9.85. The van der Waals surface area contributed by atoms with Crippen LogP contribution in [0.1, 0.15) is 31.1 Å². The van der Waals surface area contributed by atoms with E-state index in [1.807, 2.05) is 13.8 Å². The average Bonchev–Trinajstić information content (AvgIpc) is 3.23. The number of hydrogen-bond donors (Lipinski definition) is 2. The number of anilines is 2. The molecule has 0 saturated heterocycles. The maximum absolute atomic E-state index is 13.7. The van der Waals surface area contributed by atoms with Gasteiger partial charge in [-0.25, -0.2) is 4.79 Å². The fraction of sp³-hybridized carbons (Fsp3) is 0.476.